The molecule has 1 aliphatic carbocycles. The van der Waals surface area contributed by atoms with Gasteiger partial charge in [-0.05, 0) is 102 Å². The predicted molar refractivity (Wildman–Crippen MR) is 148 cm³/mol. The van der Waals surface area contributed by atoms with Crippen molar-refractivity contribution in [2.45, 2.75) is 57.8 Å². The third-order valence-electron chi connectivity index (χ3n) is 8.47. The Kier molecular flexibility index (Phi) is 7.73. The Morgan fingerprint density at radius 3 is 2.42 bits per heavy atom. The molecule has 36 heavy (non-hydrogen) atoms. The van der Waals surface area contributed by atoms with Crippen LogP contribution in [0.1, 0.15) is 66.0 Å². The largest absolute Gasteiger partial charge is 0.351 e. The normalized spacial score (nSPS) is 21.0. The van der Waals surface area contributed by atoms with Gasteiger partial charge in [0.25, 0.3) is 0 Å². The molecule has 2 saturated heterocycles. The lowest BCUT2D eigenvalue weighted by atomic mass is 9.76. The first-order valence-electron chi connectivity index (χ1n) is 13.1. The number of carbonyl (C=O) groups is 2. The first-order chi connectivity index (χ1) is 17.3. The maximum Gasteiger partial charge on any atom is 0.314 e. The van der Waals surface area contributed by atoms with Crippen molar-refractivity contribution in [1.29, 1.82) is 0 Å². The first kappa shape index (κ1) is 25.7. The Balaban J connectivity index is 1.30. The van der Waals surface area contributed by atoms with Gasteiger partial charge in [0.2, 0.25) is 5.91 Å². The molecule has 1 atom stereocenters. The van der Waals surface area contributed by atoms with E-state index in [0.29, 0.717) is 31.3 Å². The summed E-state index contributed by atoms with van der Waals surface area (Å²) in [5.74, 6) is 1.30. The number of likely N-dealkylation sites (tertiary alicyclic amines) is 2. The lowest BCUT2D eigenvalue weighted by molar-refractivity contribution is -0.134. The second kappa shape index (κ2) is 10.8. The standard InChI is InChI=1S/C28H34Br2N4O2/c1-17-2-4-22-23(26(17)30)5-3-20-15-21(29)16-32-27(20)25(22)19-8-12-33(13-9-19)24(35)14-18-6-10-34(11-7-18)28(31)36/h2,4,15-16,18-19,25H,3,5-14H2,1H3,(H2,31,36). The number of aryl methyl sites for hydroxylation is 2. The van der Waals surface area contributed by atoms with Gasteiger partial charge in [-0.3, -0.25) is 9.78 Å². The van der Waals surface area contributed by atoms with E-state index in [2.05, 4.69) is 61.9 Å². The van der Waals surface area contributed by atoms with Gasteiger partial charge in [0.15, 0.2) is 0 Å². The second-order valence-corrected chi connectivity index (χ2v) is 12.3. The number of hydrogen-bond donors (Lipinski definition) is 1. The number of amides is 3. The number of nitrogens with two attached hydrogens (primary N) is 1. The van der Waals surface area contributed by atoms with Gasteiger partial charge < -0.3 is 15.5 Å². The van der Waals surface area contributed by atoms with E-state index in [1.807, 2.05) is 6.20 Å². The van der Waals surface area contributed by atoms with Gasteiger partial charge in [-0.25, -0.2) is 4.79 Å². The number of urea groups is 1. The fraction of sp³-hybridized carbons (Fsp3) is 0.536. The van der Waals surface area contributed by atoms with Crippen molar-refractivity contribution in [1.82, 2.24) is 14.8 Å². The zero-order valence-corrected chi connectivity index (χ0v) is 24.0. The number of aromatic nitrogens is 1. The first-order valence-corrected chi connectivity index (χ1v) is 14.6. The van der Waals surface area contributed by atoms with Gasteiger partial charge in [0.05, 0.1) is 5.69 Å². The Morgan fingerprint density at radius 2 is 1.72 bits per heavy atom. The molecule has 8 heteroatoms. The number of nitrogens with zero attached hydrogens (tertiary/aromatic N) is 3. The molecule has 192 valence electrons. The van der Waals surface area contributed by atoms with Crippen molar-refractivity contribution in [2.24, 2.45) is 17.6 Å². The second-order valence-electron chi connectivity index (χ2n) is 10.6. The van der Waals surface area contributed by atoms with Crippen LogP contribution in [-0.2, 0) is 17.6 Å². The molecule has 3 aliphatic rings. The van der Waals surface area contributed by atoms with Gasteiger partial charge in [-0.15, -0.1) is 0 Å². The van der Waals surface area contributed by atoms with Gasteiger partial charge in [-0.1, -0.05) is 28.1 Å². The van der Waals surface area contributed by atoms with E-state index >= 15 is 0 Å². The molecule has 6 nitrogen and oxygen atoms in total. The minimum absolute atomic E-state index is 0.248. The third kappa shape index (κ3) is 5.21. The van der Waals surface area contributed by atoms with Crippen LogP contribution < -0.4 is 5.73 Å². The van der Waals surface area contributed by atoms with E-state index in [1.165, 1.54) is 32.4 Å². The fourth-order valence-corrected chi connectivity index (χ4v) is 7.31. The van der Waals surface area contributed by atoms with Crippen LogP contribution in [0.15, 0.2) is 33.3 Å². The van der Waals surface area contributed by atoms with Crippen molar-refractivity contribution in [3.05, 3.63) is 61.3 Å². The monoisotopic (exact) mass is 616 g/mol. The topological polar surface area (TPSA) is 79.5 Å². The molecule has 2 aliphatic heterocycles. The number of halogens is 2. The van der Waals surface area contributed by atoms with Crippen molar-refractivity contribution in [3.8, 4) is 0 Å². The minimum atomic E-state index is -0.354. The number of pyridine rings is 1. The molecule has 2 aromatic rings. The lowest BCUT2D eigenvalue weighted by Gasteiger charge is -2.38. The highest BCUT2D eigenvalue weighted by atomic mass is 79.9. The molecule has 0 radical (unpaired) electrons. The molecule has 3 amide bonds. The van der Waals surface area contributed by atoms with Crippen molar-refractivity contribution in [2.75, 3.05) is 26.2 Å². The van der Waals surface area contributed by atoms with E-state index in [1.54, 1.807) is 4.90 Å². The maximum absolute atomic E-state index is 13.1. The maximum atomic E-state index is 13.1. The van der Waals surface area contributed by atoms with Crippen LogP contribution in [0.2, 0.25) is 0 Å². The Bertz CT molecular complexity index is 1150. The van der Waals surface area contributed by atoms with Crippen LogP contribution in [0, 0.1) is 18.8 Å². The highest BCUT2D eigenvalue weighted by Gasteiger charge is 2.36. The molecule has 1 aromatic carbocycles. The summed E-state index contributed by atoms with van der Waals surface area (Å²) in [5.41, 5.74) is 12.0. The van der Waals surface area contributed by atoms with Crippen LogP contribution in [0.25, 0.3) is 0 Å². The third-order valence-corrected chi connectivity index (χ3v) is 10.0. The number of hydrogen-bond acceptors (Lipinski definition) is 3. The van der Waals surface area contributed by atoms with Crippen LogP contribution in [-0.4, -0.2) is 52.9 Å². The van der Waals surface area contributed by atoms with E-state index in [-0.39, 0.29) is 17.9 Å². The van der Waals surface area contributed by atoms with Crippen LogP contribution in [0.5, 0.6) is 0 Å². The number of fused-ring (bicyclic) bond motifs is 2. The van der Waals surface area contributed by atoms with E-state index in [9.17, 15) is 9.59 Å². The predicted octanol–water partition coefficient (Wildman–Crippen LogP) is 5.56. The van der Waals surface area contributed by atoms with Crippen molar-refractivity contribution < 1.29 is 9.59 Å². The molecule has 0 spiro atoms. The zero-order chi connectivity index (χ0) is 25.4. The lowest BCUT2D eigenvalue weighted by Crippen LogP contribution is -2.44. The highest BCUT2D eigenvalue weighted by molar-refractivity contribution is 9.10. The molecule has 1 unspecified atom stereocenters. The van der Waals surface area contributed by atoms with Crippen molar-refractivity contribution in [3.63, 3.8) is 0 Å². The molecule has 0 saturated carbocycles. The molecule has 3 heterocycles. The summed E-state index contributed by atoms with van der Waals surface area (Å²) in [6, 6.07) is 6.42. The zero-order valence-electron chi connectivity index (χ0n) is 20.8. The molecule has 2 N–H and O–H groups in total. The van der Waals surface area contributed by atoms with Crippen LogP contribution in [0.3, 0.4) is 0 Å². The SMILES string of the molecule is Cc1ccc2c(c1Br)CCc1cc(Br)cnc1C2C1CCN(C(=O)CC2CCN(C(N)=O)CC2)CC1. The summed E-state index contributed by atoms with van der Waals surface area (Å²) < 4.78 is 2.26. The molecular weight excluding hydrogens is 584 g/mol. The molecular formula is C28H34Br2N4O2. The Hall–Kier alpha value is -1.93. The highest BCUT2D eigenvalue weighted by Crippen LogP contribution is 2.45. The van der Waals surface area contributed by atoms with E-state index < -0.39 is 0 Å². The quantitative estimate of drug-likeness (QED) is 0.489. The number of carbonyl (C=O) groups excluding carboxylic acids is 2. The van der Waals surface area contributed by atoms with Gasteiger partial charge in [0, 0.05) is 53.7 Å². The summed E-state index contributed by atoms with van der Waals surface area (Å²) in [5, 5.41) is 0. The number of benzene rings is 1. The van der Waals surface area contributed by atoms with E-state index in [4.69, 9.17) is 10.7 Å². The van der Waals surface area contributed by atoms with Crippen LogP contribution in [0.4, 0.5) is 4.79 Å². The van der Waals surface area contributed by atoms with E-state index in [0.717, 1.165) is 56.1 Å². The minimum Gasteiger partial charge on any atom is -0.351 e. The van der Waals surface area contributed by atoms with Crippen molar-refractivity contribution >= 4 is 43.8 Å². The number of primary amides is 1. The van der Waals surface area contributed by atoms with Gasteiger partial charge in [-0.2, -0.15) is 0 Å². The summed E-state index contributed by atoms with van der Waals surface area (Å²) >= 11 is 7.51. The smallest absolute Gasteiger partial charge is 0.314 e. The number of piperidine rings is 2. The molecule has 2 fully saturated rings. The van der Waals surface area contributed by atoms with Gasteiger partial charge in [0.1, 0.15) is 0 Å². The molecule has 0 bridgehead atoms. The average molecular weight is 618 g/mol. The summed E-state index contributed by atoms with van der Waals surface area (Å²) in [4.78, 5) is 33.2. The summed E-state index contributed by atoms with van der Waals surface area (Å²) in [6.07, 6.45) is 8.19. The summed E-state index contributed by atoms with van der Waals surface area (Å²) in [7, 11) is 0. The Labute approximate surface area is 230 Å². The average Bonchev–Trinajstić information content (AvgIpc) is 3.03. The van der Waals surface area contributed by atoms with Gasteiger partial charge >= 0.3 is 6.03 Å². The fourth-order valence-electron chi connectivity index (χ4n) is 6.37. The summed E-state index contributed by atoms with van der Waals surface area (Å²) in [6.45, 7) is 5.08. The molecule has 5 rings (SSSR count). The molecule has 1 aromatic heterocycles. The Morgan fingerprint density at radius 1 is 1.03 bits per heavy atom. The number of rotatable bonds is 3. The van der Waals surface area contributed by atoms with Crippen LogP contribution >= 0.6 is 31.9 Å².